The summed E-state index contributed by atoms with van der Waals surface area (Å²) in [6.45, 7) is 5.75. The number of imidazole rings is 1. The molecule has 2 N–H and O–H groups in total. The smallest absolute Gasteiger partial charge is 0.325 e. The minimum absolute atomic E-state index is 0.0485. The highest BCUT2D eigenvalue weighted by Gasteiger charge is 2.24. The molecule has 0 radical (unpaired) electrons. The van der Waals surface area contributed by atoms with Gasteiger partial charge in [-0.25, -0.2) is 9.78 Å². The van der Waals surface area contributed by atoms with Crippen LogP contribution in [-0.2, 0) is 7.05 Å². The number of nitrogens with zero attached hydrogens (tertiary/aromatic N) is 3. The molecule has 0 aromatic carbocycles. The van der Waals surface area contributed by atoms with E-state index >= 15 is 0 Å². The minimum atomic E-state index is -0.391. The van der Waals surface area contributed by atoms with Crippen LogP contribution in [0.3, 0.4) is 0 Å². The highest BCUT2D eigenvalue weighted by atomic mass is 16.2. The van der Waals surface area contributed by atoms with Crippen LogP contribution in [0.2, 0.25) is 0 Å². The molecule has 0 saturated carbocycles. The summed E-state index contributed by atoms with van der Waals surface area (Å²) < 4.78 is 3.41. The second-order valence-corrected chi connectivity index (χ2v) is 5.95. The van der Waals surface area contributed by atoms with Crippen molar-refractivity contribution >= 4 is 11.2 Å². The molecule has 114 valence electrons. The van der Waals surface area contributed by atoms with Crippen LogP contribution < -0.4 is 16.6 Å². The van der Waals surface area contributed by atoms with Crippen molar-refractivity contribution in [2.24, 2.45) is 7.05 Å². The zero-order valence-electron chi connectivity index (χ0n) is 12.6. The largest absolute Gasteiger partial charge is 0.330 e. The van der Waals surface area contributed by atoms with Crippen molar-refractivity contribution in [3.63, 3.8) is 0 Å². The van der Waals surface area contributed by atoms with Crippen LogP contribution in [0.15, 0.2) is 9.59 Å². The van der Waals surface area contributed by atoms with Crippen LogP contribution in [0, 0.1) is 0 Å². The Morgan fingerprint density at radius 2 is 1.90 bits per heavy atom. The quantitative estimate of drug-likeness (QED) is 0.842. The molecule has 3 rings (SSSR count). The second kappa shape index (κ2) is 5.14. The Kier molecular flexibility index (Phi) is 3.44. The van der Waals surface area contributed by atoms with E-state index in [4.69, 9.17) is 0 Å². The van der Waals surface area contributed by atoms with E-state index in [1.165, 1.54) is 0 Å². The zero-order chi connectivity index (χ0) is 15.1. The van der Waals surface area contributed by atoms with Crippen molar-refractivity contribution in [2.45, 2.75) is 38.6 Å². The lowest BCUT2D eigenvalue weighted by atomic mass is 9.97. The molecule has 2 aromatic heterocycles. The Labute approximate surface area is 122 Å². The average molecular weight is 291 g/mol. The summed E-state index contributed by atoms with van der Waals surface area (Å²) in [6, 6.07) is -0.0485. The van der Waals surface area contributed by atoms with Crippen LogP contribution in [-0.4, -0.2) is 32.2 Å². The number of nitrogens with one attached hydrogen (secondary N) is 2. The maximum atomic E-state index is 12.1. The molecule has 7 heteroatoms. The van der Waals surface area contributed by atoms with Crippen molar-refractivity contribution < 1.29 is 0 Å². The van der Waals surface area contributed by atoms with E-state index in [0.29, 0.717) is 17.1 Å². The number of fused-ring (bicyclic) bond motifs is 1. The lowest BCUT2D eigenvalue weighted by Gasteiger charge is -2.21. The second-order valence-electron chi connectivity index (χ2n) is 5.95. The zero-order valence-corrected chi connectivity index (χ0v) is 12.6. The van der Waals surface area contributed by atoms with Gasteiger partial charge in [-0.3, -0.25) is 14.3 Å². The predicted octanol–water partition coefficient (Wildman–Crippen LogP) is 0.471. The highest BCUT2D eigenvalue weighted by Crippen LogP contribution is 2.26. The fourth-order valence-corrected chi connectivity index (χ4v) is 3.16. The van der Waals surface area contributed by atoms with Gasteiger partial charge in [-0.05, 0) is 39.8 Å². The van der Waals surface area contributed by atoms with Crippen LogP contribution in [0.25, 0.3) is 11.2 Å². The third-order valence-electron chi connectivity index (χ3n) is 4.21. The Morgan fingerprint density at radius 1 is 1.24 bits per heavy atom. The summed E-state index contributed by atoms with van der Waals surface area (Å²) in [5.41, 5.74) is 0.228. The summed E-state index contributed by atoms with van der Waals surface area (Å²) in [5.74, 6) is 1.23. The van der Waals surface area contributed by atoms with Crippen molar-refractivity contribution in [3.8, 4) is 0 Å². The molecule has 1 saturated heterocycles. The van der Waals surface area contributed by atoms with Gasteiger partial charge >= 0.3 is 5.69 Å². The fraction of sp³-hybridized carbons (Fsp3) is 0.643. The van der Waals surface area contributed by atoms with Gasteiger partial charge in [-0.15, -0.1) is 0 Å². The molecule has 7 nitrogen and oxygen atoms in total. The molecule has 1 fully saturated rings. The van der Waals surface area contributed by atoms with Gasteiger partial charge in [0.15, 0.2) is 11.2 Å². The molecule has 1 aliphatic heterocycles. The van der Waals surface area contributed by atoms with E-state index in [-0.39, 0.29) is 11.6 Å². The van der Waals surface area contributed by atoms with Gasteiger partial charge in [0.05, 0.1) is 0 Å². The van der Waals surface area contributed by atoms with Gasteiger partial charge in [0.25, 0.3) is 5.56 Å². The first-order chi connectivity index (χ1) is 10.0. The molecule has 0 aliphatic carbocycles. The van der Waals surface area contributed by atoms with Crippen molar-refractivity contribution in [1.82, 2.24) is 24.4 Å². The lowest BCUT2D eigenvalue weighted by molar-refractivity contribution is 0.438. The van der Waals surface area contributed by atoms with Crippen molar-refractivity contribution in [1.29, 1.82) is 0 Å². The third-order valence-corrected chi connectivity index (χ3v) is 4.21. The standard InChI is InChI=1S/C14H21N5O2/c1-8(2)19-12-10(13(20)17-14(19)21)18(3)11(16-12)9-4-6-15-7-5-9/h8-9,15H,4-7H2,1-3H3,(H,17,20,21). The number of aromatic amines is 1. The topological polar surface area (TPSA) is 84.7 Å². The molecule has 0 bridgehead atoms. The van der Waals surface area contributed by atoms with E-state index in [1.807, 2.05) is 25.5 Å². The van der Waals surface area contributed by atoms with Crippen LogP contribution >= 0.6 is 0 Å². The SMILES string of the molecule is CC(C)n1c(=O)[nH]c(=O)c2c1nc(C1CCNCC1)n2C. The lowest BCUT2D eigenvalue weighted by Crippen LogP contribution is -2.32. The number of rotatable bonds is 2. The Balaban J connectivity index is 2.28. The molecule has 0 spiro atoms. The minimum Gasteiger partial charge on any atom is -0.325 e. The molecule has 0 unspecified atom stereocenters. The molecule has 21 heavy (non-hydrogen) atoms. The Morgan fingerprint density at radius 3 is 2.52 bits per heavy atom. The molecule has 0 amide bonds. The van der Waals surface area contributed by atoms with Gasteiger partial charge in [0, 0.05) is 19.0 Å². The molecule has 2 aromatic rings. The van der Waals surface area contributed by atoms with Gasteiger partial charge in [-0.1, -0.05) is 0 Å². The first-order valence-corrected chi connectivity index (χ1v) is 7.42. The van der Waals surface area contributed by atoms with E-state index in [0.717, 1.165) is 31.8 Å². The molecule has 3 heterocycles. The number of hydrogen-bond donors (Lipinski definition) is 2. The highest BCUT2D eigenvalue weighted by molar-refractivity contribution is 5.71. The van der Waals surface area contributed by atoms with E-state index in [2.05, 4.69) is 15.3 Å². The van der Waals surface area contributed by atoms with E-state index in [1.54, 1.807) is 4.57 Å². The van der Waals surface area contributed by atoms with Crippen molar-refractivity contribution in [3.05, 3.63) is 26.7 Å². The number of hydrogen-bond acceptors (Lipinski definition) is 4. The molecular formula is C14H21N5O2. The maximum Gasteiger partial charge on any atom is 0.330 e. The first kappa shape index (κ1) is 14.1. The summed E-state index contributed by atoms with van der Waals surface area (Å²) >= 11 is 0. The summed E-state index contributed by atoms with van der Waals surface area (Å²) in [4.78, 5) is 31.2. The molecule has 1 aliphatic rings. The van der Waals surface area contributed by atoms with Crippen LogP contribution in [0.5, 0.6) is 0 Å². The average Bonchev–Trinajstić information content (AvgIpc) is 2.77. The number of H-pyrrole nitrogens is 1. The summed E-state index contributed by atoms with van der Waals surface area (Å²) in [6.07, 6.45) is 2.00. The first-order valence-electron chi connectivity index (χ1n) is 7.42. The summed E-state index contributed by atoms with van der Waals surface area (Å²) in [5, 5.41) is 3.33. The number of aryl methyl sites for hydroxylation is 1. The Hall–Kier alpha value is -1.89. The molecule has 0 atom stereocenters. The van der Waals surface area contributed by atoms with Gasteiger partial charge in [0.2, 0.25) is 0 Å². The van der Waals surface area contributed by atoms with E-state index < -0.39 is 5.69 Å². The molecular weight excluding hydrogens is 270 g/mol. The maximum absolute atomic E-state index is 12.1. The van der Waals surface area contributed by atoms with Crippen LogP contribution in [0.4, 0.5) is 0 Å². The number of piperidine rings is 1. The normalized spacial score (nSPS) is 17.0. The predicted molar refractivity (Wildman–Crippen MR) is 80.8 cm³/mol. The number of aromatic nitrogens is 4. The summed E-state index contributed by atoms with van der Waals surface area (Å²) in [7, 11) is 1.86. The third kappa shape index (κ3) is 2.21. The van der Waals surface area contributed by atoms with Crippen LogP contribution in [0.1, 0.15) is 44.5 Å². The van der Waals surface area contributed by atoms with Gasteiger partial charge in [0.1, 0.15) is 5.82 Å². The monoisotopic (exact) mass is 291 g/mol. The Bertz CT molecular complexity index is 777. The van der Waals surface area contributed by atoms with Gasteiger partial charge < -0.3 is 9.88 Å². The van der Waals surface area contributed by atoms with Crippen molar-refractivity contribution in [2.75, 3.05) is 13.1 Å². The fourth-order valence-electron chi connectivity index (χ4n) is 3.16. The van der Waals surface area contributed by atoms with E-state index in [9.17, 15) is 9.59 Å². The van der Waals surface area contributed by atoms with Gasteiger partial charge in [-0.2, -0.15) is 0 Å².